The summed E-state index contributed by atoms with van der Waals surface area (Å²) < 4.78 is 12.7. The summed E-state index contributed by atoms with van der Waals surface area (Å²) >= 11 is 0. The van der Waals surface area contributed by atoms with Gasteiger partial charge in [0.15, 0.2) is 0 Å². The molecule has 4 heteroatoms. The Morgan fingerprint density at radius 3 is 2.47 bits per heavy atom. The van der Waals surface area contributed by atoms with E-state index in [4.69, 9.17) is 5.11 Å². The number of anilines is 1. The van der Waals surface area contributed by atoms with E-state index in [-0.39, 0.29) is 11.7 Å². The van der Waals surface area contributed by atoms with Crippen molar-refractivity contribution in [1.82, 2.24) is 0 Å². The highest BCUT2D eigenvalue weighted by Gasteiger charge is 2.23. The smallest absolute Gasteiger partial charge is 0.326 e. The highest BCUT2D eigenvalue weighted by Crippen LogP contribution is 2.17. The third-order valence-electron chi connectivity index (χ3n) is 2.75. The number of aliphatic carboxylic acids is 1. The maximum Gasteiger partial charge on any atom is 0.326 e. The van der Waals surface area contributed by atoms with Gasteiger partial charge in [0, 0.05) is 5.69 Å². The first-order valence-corrected chi connectivity index (χ1v) is 5.79. The fraction of sp³-hybridized carbons (Fsp3) is 0.462. The maximum atomic E-state index is 12.7. The van der Waals surface area contributed by atoms with Crippen LogP contribution >= 0.6 is 0 Å². The third-order valence-corrected chi connectivity index (χ3v) is 2.75. The zero-order valence-corrected chi connectivity index (χ0v) is 10.1. The molecule has 2 atom stereocenters. The van der Waals surface area contributed by atoms with Crippen LogP contribution in [0.1, 0.15) is 26.7 Å². The number of carboxylic acid groups (broad SMARTS) is 1. The van der Waals surface area contributed by atoms with E-state index in [1.807, 2.05) is 13.8 Å². The van der Waals surface area contributed by atoms with E-state index >= 15 is 0 Å². The quantitative estimate of drug-likeness (QED) is 0.801. The second-order valence-electron chi connectivity index (χ2n) is 4.23. The third kappa shape index (κ3) is 4.06. The molecular formula is C13H18FNO2. The van der Waals surface area contributed by atoms with E-state index in [1.165, 1.54) is 12.1 Å². The van der Waals surface area contributed by atoms with E-state index in [0.717, 1.165) is 12.8 Å². The Morgan fingerprint density at radius 1 is 1.41 bits per heavy atom. The van der Waals surface area contributed by atoms with Crippen LogP contribution in [-0.4, -0.2) is 17.1 Å². The summed E-state index contributed by atoms with van der Waals surface area (Å²) in [7, 11) is 0. The Labute approximate surface area is 101 Å². The van der Waals surface area contributed by atoms with Crippen molar-refractivity contribution in [2.75, 3.05) is 5.32 Å². The van der Waals surface area contributed by atoms with Crippen LogP contribution in [0.5, 0.6) is 0 Å². The molecule has 94 valence electrons. The Balaban J connectivity index is 2.73. The molecule has 0 saturated carbocycles. The van der Waals surface area contributed by atoms with Crippen molar-refractivity contribution in [1.29, 1.82) is 0 Å². The SMILES string of the molecule is CCCC(C)C(Nc1ccc(F)cc1)C(=O)O. The van der Waals surface area contributed by atoms with Gasteiger partial charge in [-0.2, -0.15) is 0 Å². The fourth-order valence-electron chi connectivity index (χ4n) is 1.80. The fourth-order valence-corrected chi connectivity index (χ4v) is 1.80. The van der Waals surface area contributed by atoms with Gasteiger partial charge < -0.3 is 10.4 Å². The van der Waals surface area contributed by atoms with Gasteiger partial charge >= 0.3 is 5.97 Å². The summed E-state index contributed by atoms with van der Waals surface area (Å²) in [6, 6.07) is 5.08. The molecule has 0 amide bonds. The van der Waals surface area contributed by atoms with Crippen molar-refractivity contribution in [2.45, 2.75) is 32.7 Å². The standard InChI is InChI=1S/C13H18FNO2/c1-3-4-9(2)12(13(16)17)15-11-7-5-10(14)6-8-11/h5-9,12,15H,3-4H2,1-2H3,(H,16,17). The number of carboxylic acids is 1. The van der Waals surface area contributed by atoms with Crippen molar-refractivity contribution >= 4 is 11.7 Å². The summed E-state index contributed by atoms with van der Waals surface area (Å²) in [6.45, 7) is 3.92. The topological polar surface area (TPSA) is 49.3 Å². The van der Waals surface area contributed by atoms with E-state index < -0.39 is 12.0 Å². The Bertz CT molecular complexity index is 364. The molecule has 0 saturated heterocycles. The predicted molar refractivity (Wildman–Crippen MR) is 65.5 cm³/mol. The molecule has 0 bridgehead atoms. The largest absolute Gasteiger partial charge is 0.480 e. The summed E-state index contributed by atoms with van der Waals surface area (Å²) in [4.78, 5) is 11.2. The lowest BCUT2D eigenvalue weighted by atomic mass is 9.96. The van der Waals surface area contributed by atoms with E-state index in [9.17, 15) is 9.18 Å². The van der Waals surface area contributed by atoms with Gasteiger partial charge in [-0.25, -0.2) is 9.18 Å². The number of benzene rings is 1. The first kappa shape index (κ1) is 13.5. The normalized spacial score (nSPS) is 14.1. The molecule has 3 nitrogen and oxygen atoms in total. The molecule has 0 aliphatic heterocycles. The number of nitrogens with one attached hydrogen (secondary N) is 1. The van der Waals surface area contributed by atoms with Gasteiger partial charge in [0.25, 0.3) is 0 Å². The average molecular weight is 239 g/mol. The van der Waals surface area contributed by atoms with Crippen molar-refractivity contribution in [3.63, 3.8) is 0 Å². The lowest BCUT2D eigenvalue weighted by Gasteiger charge is -2.22. The summed E-state index contributed by atoms with van der Waals surface area (Å²) in [5.41, 5.74) is 0.627. The van der Waals surface area contributed by atoms with Crippen LogP contribution in [0.2, 0.25) is 0 Å². The van der Waals surface area contributed by atoms with Crippen LogP contribution in [0.15, 0.2) is 24.3 Å². The molecule has 1 rings (SSSR count). The van der Waals surface area contributed by atoms with E-state index in [2.05, 4.69) is 5.32 Å². The average Bonchev–Trinajstić information content (AvgIpc) is 2.28. The minimum atomic E-state index is -0.879. The lowest BCUT2D eigenvalue weighted by Crippen LogP contribution is -2.35. The molecule has 2 unspecified atom stereocenters. The Kier molecular flexibility index (Phi) is 4.94. The number of halogens is 1. The first-order valence-electron chi connectivity index (χ1n) is 5.79. The number of hydrogen-bond donors (Lipinski definition) is 2. The highest BCUT2D eigenvalue weighted by molar-refractivity contribution is 5.77. The molecule has 0 radical (unpaired) electrons. The Morgan fingerprint density at radius 2 is 2.00 bits per heavy atom. The Hall–Kier alpha value is -1.58. The van der Waals surface area contributed by atoms with Gasteiger partial charge in [-0.05, 0) is 36.6 Å². The van der Waals surface area contributed by atoms with Gasteiger partial charge in [-0.3, -0.25) is 0 Å². The number of hydrogen-bond acceptors (Lipinski definition) is 2. The summed E-state index contributed by atoms with van der Waals surface area (Å²) in [5.74, 6) is -1.18. The number of rotatable bonds is 6. The zero-order chi connectivity index (χ0) is 12.8. The van der Waals surface area contributed by atoms with Crippen LogP contribution in [-0.2, 0) is 4.79 Å². The van der Waals surface area contributed by atoms with Gasteiger partial charge in [0.05, 0.1) is 0 Å². The van der Waals surface area contributed by atoms with Gasteiger partial charge in [0.1, 0.15) is 11.9 Å². The zero-order valence-electron chi connectivity index (χ0n) is 10.1. The lowest BCUT2D eigenvalue weighted by molar-refractivity contribution is -0.139. The predicted octanol–water partition coefficient (Wildman–Crippen LogP) is 3.13. The van der Waals surface area contributed by atoms with Crippen LogP contribution in [0.4, 0.5) is 10.1 Å². The monoisotopic (exact) mass is 239 g/mol. The molecule has 0 aliphatic carbocycles. The summed E-state index contributed by atoms with van der Waals surface area (Å²) in [5, 5.41) is 12.1. The molecular weight excluding hydrogens is 221 g/mol. The molecule has 0 spiro atoms. The molecule has 1 aromatic rings. The van der Waals surface area contributed by atoms with Crippen LogP contribution < -0.4 is 5.32 Å². The summed E-state index contributed by atoms with van der Waals surface area (Å²) in [6.07, 6.45) is 1.78. The van der Waals surface area contributed by atoms with Crippen LogP contribution in [0.25, 0.3) is 0 Å². The van der Waals surface area contributed by atoms with E-state index in [1.54, 1.807) is 12.1 Å². The molecule has 0 aromatic heterocycles. The van der Waals surface area contributed by atoms with Gasteiger partial charge in [0.2, 0.25) is 0 Å². The van der Waals surface area contributed by atoms with Crippen LogP contribution in [0, 0.1) is 11.7 Å². The second kappa shape index (κ2) is 6.23. The minimum absolute atomic E-state index is 0.0301. The molecule has 1 aromatic carbocycles. The molecule has 0 heterocycles. The van der Waals surface area contributed by atoms with Crippen molar-refractivity contribution < 1.29 is 14.3 Å². The molecule has 2 N–H and O–H groups in total. The molecule has 0 aliphatic rings. The van der Waals surface area contributed by atoms with Crippen molar-refractivity contribution in [2.24, 2.45) is 5.92 Å². The van der Waals surface area contributed by atoms with Crippen LogP contribution in [0.3, 0.4) is 0 Å². The van der Waals surface area contributed by atoms with Crippen molar-refractivity contribution in [3.8, 4) is 0 Å². The molecule has 0 fully saturated rings. The maximum absolute atomic E-state index is 12.7. The van der Waals surface area contributed by atoms with E-state index in [0.29, 0.717) is 5.69 Å². The number of carbonyl (C=O) groups is 1. The van der Waals surface area contributed by atoms with Gasteiger partial charge in [-0.15, -0.1) is 0 Å². The highest BCUT2D eigenvalue weighted by atomic mass is 19.1. The second-order valence-corrected chi connectivity index (χ2v) is 4.23. The first-order chi connectivity index (χ1) is 8.04. The van der Waals surface area contributed by atoms with Crippen molar-refractivity contribution in [3.05, 3.63) is 30.1 Å². The molecule has 17 heavy (non-hydrogen) atoms. The van der Waals surface area contributed by atoms with Gasteiger partial charge in [-0.1, -0.05) is 20.3 Å². The minimum Gasteiger partial charge on any atom is -0.480 e.